The number of halogens is 1. The lowest BCUT2D eigenvalue weighted by Gasteiger charge is -2.10. The molecule has 6 heteroatoms. The molecule has 0 aliphatic heterocycles. The third-order valence-corrected chi connectivity index (χ3v) is 1.87. The molecule has 1 aromatic carbocycles. The molecule has 0 radical (unpaired) electrons. The topological polar surface area (TPSA) is 73.6 Å². The molecule has 0 saturated carbocycles. The molecule has 0 saturated heterocycles. The summed E-state index contributed by atoms with van der Waals surface area (Å²) in [5, 5.41) is 2.62. The summed E-state index contributed by atoms with van der Waals surface area (Å²) < 4.78 is 10.1. The Morgan fingerprint density at radius 3 is 2.56 bits per heavy atom. The van der Waals surface area contributed by atoms with Crippen molar-refractivity contribution in [1.82, 2.24) is 0 Å². The van der Waals surface area contributed by atoms with Crippen LogP contribution in [0.2, 0.25) is 0 Å². The Bertz CT molecular complexity index is 358. The lowest BCUT2D eigenvalue weighted by molar-refractivity contribution is -0.114. The first-order valence-electron chi connectivity index (χ1n) is 4.43. The molecule has 0 unspecified atom stereocenters. The molecule has 0 aliphatic carbocycles. The largest absolute Gasteiger partial charge is 0.497 e. The van der Waals surface area contributed by atoms with Crippen molar-refractivity contribution in [3.05, 3.63) is 18.2 Å². The molecule has 0 spiro atoms. The fraction of sp³-hybridized carbons (Fsp3) is 0.300. The minimum Gasteiger partial charge on any atom is -0.497 e. The SMILES string of the molecule is COc1ccc(NC(=O)CN)c(OC)c1.Cl. The fourth-order valence-electron chi connectivity index (χ4n) is 1.10. The number of methoxy groups -OCH3 is 2. The lowest BCUT2D eigenvalue weighted by Crippen LogP contribution is -2.22. The minimum atomic E-state index is -0.265. The third-order valence-electron chi connectivity index (χ3n) is 1.87. The number of hydrogen-bond donors (Lipinski definition) is 2. The zero-order chi connectivity index (χ0) is 11.3. The van der Waals surface area contributed by atoms with Crippen molar-refractivity contribution < 1.29 is 14.3 Å². The summed E-state index contributed by atoms with van der Waals surface area (Å²) in [5.41, 5.74) is 5.77. The second-order valence-corrected chi connectivity index (χ2v) is 2.82. The maximum Gasteiger partial charge on any atom is 0.238 e. The number of hydrogen-bond acceptors (Lipinski definition) is 4. The Hall–Kier alpha value is -1.46. The summed E-state index contributed by atoms with van der Waals surface area (Å²) in [7, 11) is 3.08. The number of carbonyl (C=O) groups excluding carboxylic acids is 1. The van der Waals surface area contributed by atoms with E-state index in [2.05, 4.69) is 5.32 Å². The highest BCUT2D eigenvalue weighted by atomic mass is 35.5. The van der Waals surface area contributed by atoms with Crippen LogP contribution in [-0.4, -0.2) is 26.7 Å². The number of amides is 1. The van der Waals surface area contributed by atoms with Crippen LogP contribution >= 0.6 is 12.4 Å². The average Bonchev–Trinajstić information content (AvgIpc) is 2.29. The summed E-state index contributed by atoms with van der Waals surface area (Å²) in [6, 6.07) is 5.12. The van der Waals surface area contributed by atoms with Crippen LogP contribution in [0.4, 0.5) is 5.69 Å². The van der Waals surface area contributed by atoms with Gasteiger partial charge in [-0.3, -0.25) is 4.79 Å². The van der Waals surface area contributed by atoms with Gasteiger partial charge in [-0.15, -0.1) is 12.4 Å². The third kappa shape index (κ3) is 3.60. The molecule has 0 fully saturated rings. The summed E-state index contributed by atoms with van der Waals surface area (Å²) in [6.45, 7) is -0.0603. The van der Waals surface area contributed by atoms with E-state index in [4.69, 9.17) is 15.2 Å². The van der Waals surface area contributed by atoms with E-state index in [1.165, 1.54) is 7.11 Å². The molecule has 1 rings (SSSR count). The van der Waals surface area contributed by atoms with E-state index in [0.717, 1.165) is 0 Å². The van der Waals surface area contributed by atoms with Gasteiger partial charge in [0, 0.05) is 6.07 Å². The summed E-state index contributed by atoms with van der Waals surface area (Å²) in [6.07, 6.45) is 0. The Morgan fingerprint density at radius 2 is 2.06 bits per heavy atom. The smallest absolute Gasteiger partial charge is 0.238 e. The first kappa shape index (κ1) is 14.5. The van der Waals surface area contributed by atoms with Gasteiger partial charge in [0.1, 0.15) is 11.5 Å². The lowest BCUT2D eigenvalue weighted by atomic mass is 10.2. The van der Waals surface area contributed by atoms with Gasteiger partial charge in [-0.1, -0.05) is 0 Å². The highest BCUT2D eigenvalue weighted by Gasteiger charge is 2.07. The van der Waals surface area contributed by atoms with Gasteiger partial charge in [0.05, 0.1) is 26.5 Å². The van der Waals surface area contributed by atoms with E-state index in [-0.39, 0.29) is 24.9 Å². The van der Waals surface area contributed by atoms with E-state index < -0.39 is 0 Å². The Morgan fingerprint density at radius 1 is 1.38 bits per heavy atom. The Labute approximate surface area is 100 Å². The molecule has 0 heterocycles. The highest BCUT2D eigenvalue weighted by Crippen LogP contribution is 2.28. The van der Waals surface area contributed by atoms with Crippen molar-refractivity contribution >= 4 is 24.0 Å². The molecule has 0 aromatic heterocycles. The molecule has 1 aromatic rings. The van der Waals surface area contributed by atoms with Crippen LogP contribution in [0.25, 0.3) is 0 Å². The van der Waals surface area contributed by atoms with E-state index in [0.29, 0.717) is 17.2 Å². The maximum absolute atomic E-state index is 11.1. The molecule has 3 N–H and O–H groups in total. The molecule has 0 aliphatic rings. The number of nitrogens with one attached hydrogen (secondary N) is 1. The molecule has 5 nitrogen and oxygen atoms in total. The van der Waals surface area contributed by atoms with Crippen molar-refractivity contribution in [3.63, 3.8) is 0 Å². The number of rotatable bonds is 4. The minimum absolute atomic E-state index is 0. The molecular weight excluding hydrogens is 232 g/mol. The Balaban J connectivity index is 0.00000225. The van der Waals surface area contributed by atoms with Crippen molar-refractivity contribution in [1.29, 1.82) is 0 Å². The van der Waals surface area contributed by atoms with Crippen LogP contribution in [-0.2, 0) is 4.79 Å². The van der Waals surface area contributed by atoms with Crippen molar-refractivity contribution in [3.8, 4) is 11.5 Å². The number of carbonyl (C=O) groups is 1. The van der Waals surface area contributed by atoms with Crippen LogP contribution in [0, 0.1) is 0 Å². The number of benzene rings is 1. The van der Waals surface area contributed by atoms with Gasteiger partial charge in [0.15, 0.2) is 0 Å². The normalized spacial score (nSPS) is 8.94. The first-order valence-corrected chi connectivity index (χ1v) is 4.43. The zero-order valence-electron chi connectivity index (χ0n) is 9.15. The van der Waals surface area contributed by atoms with Gasteiger partial charge < -0.3 is 20.5 Å². The van der Waals surface area contributed by atoms with Crippen molar-refractivity contribution in [2.75, 3.05) is 26.1 Å². The average molecular weight is 247 g/mol. The summed E-state index contributed by atoms with van der Waals surface area (Å²) in [5.74, 6) is 0.937. The molecule has 0 atom stereocenters. The Kier molecular flexibility index (Phi) is 6.29. The molecule has 90 valence electrons. The molecule has 1 amide bonds. The maximum atomic E-state index is 11.1. The van der Waals surface area contributed by atoms with Crippen molar-refractivity contribution in [2.24, 2.45) is 5.73 Å². The summed E-state index contributed by atoms with van der Waals surface area (Å²) >= 11 is 0. The fourth-order valence-corrected chi connectivity index (χ4v) is 1.10. The first-order chi connectivity index (χ1) is 7.21. The van der Waals surface area contributed by atoms with Gasteiger partial charge in [0.2, 0.25) is 5.91 Å². The molecule has 16 heavy (non-hydrogen) atoms. The van der Waals surface area contributed by atoms with Gasteiger partial charge in [-0.25, -0.2) is 0 Å². The number of nitrogens with two attached hydrogens (primary N) is 1. The van der Waals surface area contributed by atoms with Gasteiger partial charge in [-0.05, 0) is 12.1 Å². The molecular formula is C10H15ClN2O3. The predicted molar refractivity (Wildman–Crippen MR) is 64.5 cm³/mol. The summed E-state index contributed by atoms with van der Waals surface area (Å²) in [4.78, 5) is 11.1. The van der Waals surface area contributed by atoms with Crippen LogP contribution in [0.5, 0.6) is 11.5 Å². The highest BCUT2D eigenvalue weighted by molar-refractivity contribution is 5.93. The van der Waals surface area contributed by atoms with Gasteiger partial charge >= 0.3 is 0 Å². The van der Waals surface area contributed by atoms with Crippen LogP contribution in [0.3, 0.4) is 0 Å². The van der Waals surface area contributed by atoms with Crippen LogP contribution < -0.4 is 20.5 Å². The number of anilines is 1. The van der Waals surface area contributed by atoms with Gasteiger partial charge in [0.25, 0.3) is 0 Å². The molecule has 0 bridgehead atoms. The number of ether oxygens (including phenoxy) is 2. The van der Waals surface area contributed by atoms with E-state index in [9.17, 15) is 4.79 Å². The monoisotopic (exact) mass is 246 g/mol. The predicted octanol–water partition coefficient (Wildman–Crippen LogP) is 1.02. The zero-order valence-corrected chi connectivity index (χ0v) is 9.97. The van der Waals surface area contributed by atoms with Crippen LogP contribution in [0.15, 0.2) is 18.2 Å². The van der Waals surface area contributed by atoms with E-state index in [1.54, 1.807) is 25.3 Å². The van der Waals surface area contributed by atoms with Crippen molar-refractivity contribution in [2.45, 2.75) is 0 Å². The standard InChI is InChI=1S/C10H14N2O3.ClH/c1-14-7-3-4-8(9(5-7)15-2)12-10(13)6-11;/h3-5H,6,11H2,1-2H3,(H,12,13);1H. The van der Waals surface area contributed by atoms with E-state index in [1.807, 2.05) is 0 Å². The second kappa shape index (κ2) is 6.92. The van der Waals surface area contributed by atoms with Crippen LogP contribution in [0.1, 0.15) is 0 Å². The quantitative estimate of drug-likeness (QED) is 0.832. The second-order valence-electron chi connectivity index (χ2n) is 2.82. The van der Waals surface area contributed by atoms with Gasteiger partial charge in [-0.2, -0.15) is 0 Å². The van der Waals surface area contributed by atoms with E-state index >= 15 is 0 Å².